The summed E-state index contributed by atoms with van der Waals surface area (Å²) in [5.41, 5.74) is 2.20. The summed E-state index contributed by atoms with van der Waals surface area (Å²) in [6, 6.07) is 3.70. The zero-order valence-corrected chi connectivity index (χ0v) is 10.7. The van der Waals surface area contributed by atoms with Gasteiger partial charge in [-0.1, -0.05) is 49.0 Å². The quantitative estimate of drug-likeness (QED) is 0.680. The van der Waals surface area contributed by atoms with E-state index in [1.165, 1.54) is 32.1 Å². The van der Waals surface area contributed by atoms with Gasteiger partial charge >= 0.3 is 0 Å². The number of halogens is 2. The SMILES string of the molecule is C=C(c1cc(Cl)nc(Cl)c1)C1CCCCC1. The molecular formula is C13H15Cl2N. The highest BCUT2D eigenvalue weighted by Gasteiger charge is 2.18. The molecule has 1 saturated carbocycles. The first-order chi connectivity index (χ1) is 7.66. The first kappa shape index (κ1) is 11.9. The third kappa shape index (κ3) is 2.78. The average molecular weight is 256 g/mol. The van der Waals surface area contributed by atoms with E-state index in [1.54, 1.807) is 0 Å². The van der Waals surface area contributed by atoms with E-state index in [9.17, 15) is 0 Å². The fourth-order valence-corrected chi connectivity index (χ4v) is 2.80. The lowest BCUT2D eigenvalue weighted by Crippen LogP contribution is -2.07. The molecule has 1 aliphatic carbocycles. The van der Waals surface area contributed by atoms with E-state index in [4.69, 9.17) is 23.2 Å². The number of allylic oxidation sites excluding steroid dienone is 1. The van der Waals surface area contributed by atoms with Crippen molar-refractivity contribution in [2.45, 2.75) is 32.1 Å². The highest BCUT2D eigenvalue weighted by molar-refractivity contribution is 6.32. The standard InChI is InChI=1S/C13H15Cl2N/c1-9(10-5-3-2-4-6-10)11-7-12(14)16-13(15)8-11/h7-8,10H,1-6H2. The van der Waals surface area contributed by atoms with Crippen molar-refractivity contribution < 1.29 is 0 Å². The highest BCUT2D eigenvalue weighted by atomic mass is 35.5. The highest BCUT2D eigenvalue weighted by Crippen LogP contribution is 2.35. The summed E-state index contributed by atoms with van der Waals surface area (Å²) in [5, 5.41) is 0.888. The molecule has 1 nitrogen and oxygen atoms in total. The van der Waals surface area contributed by atoms with Crippen LogP contribution < -0.4 is 0 Å². The average Bonchev–Trinajstić information content (AvgIpc) is 2.28. The van der Waals surface area contributed by atoms with Crippen LogP contribution in [0.4, 0.5) is 0 Å². The van der Waals surface area contributed by atoms with Crippen LogP contribution >= 0.6 is 23.2 Å². The summed E-state index contributed by atoms with van der Waals surface area (Å²) < 4.78 is 0. The molecule has 0 aliphatic heterocycles. The molecule has 0 spiro atoms. The molecule has 0 N–H and O–H groups in total. The maximum atomic E-state index is 5.90. The summed E-state index contributed by atoms with van der Waals surface area (Å²) >= 11 is 11.8. The van der Waals surface area contributed by atoms with E-state index in [1.807, 2.05) is 12.1 Å². The Morgan fingerprint density at radius 2 is 1.69 bits per heavy atom. The van der Waals surface area contributed by atoms with Gasteiger partial charge in [-0.05, 0) is 42.0 Å². The number of nitrogens with zero attached hydrogens (tertiary/aromatic N) is 1. The van der Waals surface area contributed by atoms with Crippen LogP contribution in [0.1, 0.15) is 37.7 Å². The van der Waals surface area contributed by atoms with Crippen LogP contribution in [0.3, 0.4) is 0 Å². The Morgan fingerprint density at radius 3 is 2.25 bits per heavy atom. The molecule has 2 rings (SSSR count). The van der Waals surface area contributed by atoms with Gasteiger partial charge in [0.1, 0.15) is 10.3 Å². The Hall–Kier alpha value is -0.530. The van der Waals surface area contributed by atoms with Crippen LogP contribution in [0.15, 0.2) is 18.7 Å². The minimum absolute atomic E-state index is 0.444. The molecule has 0 bridgehead atoms. The monoisotopic (exact) mass is 255 g/mol. The van der Waals surface area contributed by atoms with Gasteiger partial charge in [0.05, 0.1) is 0 Å². The van der Waals surface area contributed by atoms with Gasteiger partial charge < -0.3 is 0 Å². The molecule has 1 aliphatic rings. The van der Waals surface area contributed by atoms with E-state index in [0.717, 1.165) is 11.1 Å². The fourth-order valence-electron chi connectivity index (χ4n) is 2.34. The molecule has 1 aromatic heterocycles. The van der Waals surface area contributed by atoms with Gasteiger partial charge in [-0.15, -0.1) is 0 Å². The van der Waals surface area contributed by atoms with E-state index in [-0.39, 0.29) is 0 Å². The fraction of sp³-hybridized carbons (Fsp3) is 0.462. The lowest BCUT2D eigenvalue weighted by molar-refractivity contribution is 0.430. The molecule has 1 aromatic rings. The largest absolute Gasteiger partial charge is 0.224 e. The zero-order valence-electron chi connectivity index (χ0n) is 9.18. The predicted molar refractivity (Wildman–Crippen MR) is 69.9 cm³/mol. The lowest BCUT2D eigenvalue weighted by Gasteiger charge is -2.24. The van der Waals surface area contributed by atoms with E-state index < -0.39 is 0 Å². The molecule has 1 fully saturated rings. The number of hydrogen-bond acceptors (Lipinski definition) is 1. The van der Waals surface area contributed by atoms with Crippen molar-refractivity contribution in [1.82, 2.24) is 4.98 Å². The second-order valence-corrected chi connectivity index (χ2v) is 5.14. The molecule has 0 atom stereocenters. The maximum Gasteiger partial charge on any atom is 0.131 e. The van der Waals surface area contributed by atoms with Crippen molar-refractivity contribution in [1.29, 1.82) is 0 Å². The van der Waals surface area contributed by atoms with Crippen molar-refractivity contribution in [3.63, 3.8) is 0 Å². The first-order valence-corrected chi connectivity index (χ1v) is 6.44. The molecule has 0 saturated heterocycles. The molecule has 0 amide bonds. The number of hydrogen-bond donors (Lipinski definition) is 0. The minimum Gasteiger partial charge on any atom is -0.224 e. The minimum atomic E-state index is 0.444. The van der Waals surface area contributed by atoms with Crippen LogP contribution in [0, 0.1) is 5.92 Å². The zero-order chi connectivity index (χ0) is 11.5. The molecule has 0 unspecified atom stereocenters. The molecule has 16 heavy (non-hydrogen) atoms. The van der Waals surface area contributed by atoms with Crippen LogP contribution in [-0.4, -0.2) is 4.98 Å². The summed E-state index contributed by atoms with van der Waals surface area (Å²) in [5.74, 6) is 0.586. The van der Waals surface area contributed by atoms with Gasteiger partial charge in [-0.25, -0.2) is 4.98 Å². The third-order valence-corrected chi connectivity index (χ3v) is 3.62. The summed E-state index contributed by atoms with van der Waals surface area (Å²) in [4.78, 5) is 3.95. The molecule has 3 heteroatoms. The van der Waals surface area contributed by atoms with Gasteiger partial charge in [0.2, 0.25) is 0 Å². The van der Waals surface area contributed by atoms with Gasteiger partial charge in [0.25, 0.3) is 0 Å². The van der Waals surface area contributed by atoms with Crippen molar-refractivity contribution in [2.24, 2.45) is 5.92 Å². The van der Waals surface area contributed by atoms with E-state index >= 15 is 0 Å². The molecule has 0 aromatic carbocycles. The Bertz CT molecular complexity index is 375. The van der Waals surface area contributed by atoms with Crippen LogP contribution in [0.5, 0.6) is 0 Å². The van der Waals surface area contributed by atoms with Crippen molar-refractivity contribution >= 4 is 28.8 Å². The number of aromatic nitrogens is 1. The summed E-state index contributed by atoms with van der Waals surface area (Å²) in [7, 11) is 0. The maximum absolute atomic E-state index is 5.90. The van der Waals surface area contributed by atoms with Crippen LogP contribution in [0.25, 0.3) is 5.57 Å². The number of pyridine rings is 1. The Labute approximate surface area is 106 Å². The Balaban J connectivity index is 2.19. The van der Waals surface area contributed by atoms with Gasteiger partial charge in [-0.3, -0.25) is 0 Å². The number of rotatable bonds is 2. The molecule has 86 valence electrons. The first-order valence-electron chi connectivity index (χ1n) is 5.69. The van der Waals surface area contributed by atoms with Gasteiger partial charge in [-0.2, -0.15) is 0 Å². The van der Waals surface area contributed by atoms with Gasteiger partial charge in [0.15, 0.2) is 0 Å². The van der Waals surface area contributed by atoms with Crippen molar-refractivity contribution in [3.8, 4) is 0 Å². The van der Waals surface area contributed by atoms with Gasteiger partial charge in [0, 0.05) is 0 Å². The predicted octanol–water partition coefficient (Wildman–Crippen LogP) is 4.98. The summed E-state index contributed by atoms with van der Waals surface area (Å²) in [6.45, 7) is 4.19. The van der Waals surface area contributed by atoms with Crippen molar-refractivity contribution in [2.75, 3.05) is 0 Å². The molecule has 0 radical (unpaired) electrons. The summed E-state index contributed by atoms with van der Waals surface area (Å²) in [6.07, 6.45) is 6.42. The van der Waals surface area contributed by atoms with E-state index in [0.29, 0.717) is 16.2 Å². The van der Waals surface area contributed by atoms with Crippen LogP contribution in [0.2, 0.25) is 10.3 Å². The molecular weight excluding hydrogens is 241 g/mol. The van der Waals surface area contributed by atoms with Crippen molar-refractivity contribution in [3.05, 3.63) is 34.6 Å². The lowest BCUT2D eigenvalue weighted by atomic mass is 9.82. The van der Waals surface area contributed by atoms with Crippen LogP contribution in [-0.2, 0) is 0 Å². The smallest absolute Gasteiger partial charge is 0.131 e. The third-order valence-electron chi connectivity index (χ3n) is 3.23. The second-order valence-electron chi connectivity index (χ2n) is 4.36. The van der Waals surface area contributed by atoms with E-state index in [2.05, 4.69) is 11.6 Å². The Kier molecular flexibility index (Phi) is 3.88. The normalized spacial score (nSPS) is 17.4. The molecule has 1 heterocycles. The second kappa shape index (κ2) is 5.20. The Morgan fingerprint density at radius 1 is 1.12 bits per heavy atom. The topological polar surface area (TPSA) is 12.9 Å².